The van der Waals surface area contributed by atoms with Gasteiger partial charge in [0, 0.05) is 18.0 Å². The van der Waals surface area contributed by atoms with Gasteiger partial charge in [-0.15, -0.1) is 11.6 Å². The lowest BCUT2D eigenvalue weighted by atomic mass is 10.1. The van der Waals surface area contributed by atoms with Crippen LogP contribution in [0.3, 0.4) is 0 Å². The van der Waals surface area contributed by atoms with E-state index in [1.807, 2.05) is 19.9 Å². The number of aliphatic hydroxyl groups is 1. The van der Waals surface area contributed by atoms with Gasteiger partial charge in [0.1, 0.15) is 0 Å². The predicted octanol–water partition coefficient (Wildman–Crippen LogP) is 2.17. The Morgan fingerprint density at radius 1 is 1.47 bits per heavy atom. The van der Waals surface area contributed by atoms with Gasteiger partial charge in [0.2, 0.25) is 0 Å². The number of amides is 1. The van der Waals surface area contributed by atoms with Crippen LogP contribution in [0.4, 0.5) is 0 Å². The van der Waals surface area contributed by atoms with Crippen molar-refractivity contribution in [3.05, 3.63) is 35.4 Å². The molecule has 0 fully saturated rings. The van der Waals surface area contributed by atoms with E-state index in [0.717, 1.165) is 5.56 Å². The van der Waals surface area contributed by atoms with Crippen LogP contribution < -0.4 is 5.32 Å². The molecule has 0 aliphatic rings. The van der Waals surface area contributed by atoms with Gasteiger partial charge in [-0.3, -0.25) is 4.79 Å². The molecule has 3 nitrogen and oxygen atoms in total. The number of halogens is 1. The van der Waals surface area contributed by atoms with E-state index in [0.29, 0.717) is 11.4 Å². The first kappa shape index (κ1) is 14.0. The first-order valence-electron chi connectivity index (χ1n) is 5.65. The Labute approximate surface area is 107 Å². The number of hydrogen-bond donors (Lipinski definition) is 2. The molecule has 1 unspecified atom stereocenters. The first-order valence-corrected chi connectivity index (χ1v) is 6.19. The molecule has 1 aromatic rings. The summed E-state index contributed by atoms with van der Waals surface area (Å²) in [5.74, 6) is 0.330. The number of carbonyl (C=O) groups is 1. The highest BCUT2D eigenvalue weighted by Crippen LogP contribution is 2.08. The number of aliphatic hydroxyl groups excluding tert-OH is 1. The van der Waals surface area contributed by atoms with E-state index in [1.165, 1.54) is 0 Å². The summed E-state index contributed by atoms with van der Waals surface area (Å²) in [6.07, 6.45) is -0.518. The second-order valence-electron chi connectivity index (χ2n) is 4.36. The molecule has 0 bridgehead atoms. The van der Waals surface area contributed by atoms with Crippen molar-refractivity contribution in [3.8, 4) is 0 Å². The molecule has 0 aliphatic carbocycles. The maximum absolute atomic E-state index is 11.8. The molecule has 0 spiro atoms. The van der Waals surface area contributed by atoms with Crippen molar-refractivity contribution in [2.24, 2.45) is 5.92 Å². The topological polar surface area (TPSA) is 49.3 Å². The molecule has 0 aromatic heterocycles. The van der Waals surface area contributed by atoms with Crippen molar-refractivity contribution in [1.82, 2.24) is 5.32 Å². The average molecular weight is 256 g/mol. The highest BCUT2D eigenvalue weighted by atomic mass is 35.5. The van der Waals surface area contributed by atoms with E-state index in [9.17, 15) is 9.90 Å². The lowest BCUT2D eigenvalue weighted by molar-refractivity contribution is 0.0871. The van der Waals surface area contributed by atoms with Crippen LogP contribution in [-0.4, -0.2) is 23.7 Å². The molecule has 4 heteroatoms. The molecule has 2 N–H and O–H groups in total. The van der Waals surface area contributed by atoms with Gasteiger partial charge in [0.25, 0.3) is 5.91 Å². The summed E-state index contributed by atoms with van der Waals surface area (Å²) in [5.41, 5.74) is 1.47. The zero-order valence-electron chi connectivity index (χ0n) is 10.1. The number of alkyl halides is 1. The van der Waals surface area contributed by atoms with Gasteiger partial charge in [0.15, 0.2) is 0 Å². The Hall–Kier alpha value is -1.06. The second-order valence-corrected chi connectivity index (χ2v) is 4.62. The lowest BCUT2D eigenvalue weighted by Gasteiger charge is -2.15. The zero-order valence-corrected chi connectivity index (χ0v) is 10.9. The quantitative estimate of drug-likeness (QED) is 0.793. The molecular formula is C13H18ClNO2. The summed E-state index contributed by atoms with van der Waals surface area (Å²) >= 11 is 5.70. The third kappa shape index (κ3) is 4.36. The zero-order chi connectivity index (χ0) is 12.8. The van der Waals surface area contributed by atoms with Crippen LogP contribution in [0.25, 0.3) is 0 Å². The molecule has 1 amide bonds. The summed E-state index contributed by atoms with van der Waals surface area (Å²) in [6.45, 7) is 4.08. The van der Waals surface area contributed by atoms with E-state index in [4.69, 9.17) is 11.6 Å². The summed E-state index contributed by atoms with van der Waals surface area (Å²) in [4.78, 5) is 11.8. The van der Waals surface area contributed by atoms with Crippen LogP contribution in [0.15, 0.2) is 24.3 Å². The second kappa shape index (κ2) is 6.62. The van der Waals surface area contributed by atoms with Crippen molar-refractivity contribution in [1.29, 1.82) is 0 Å². The van der Waals surface area contributed by atoms with Crippen molar-refractivity contribution >= 4 is 17.5 Å². The number of rotatable bonds is 5. The molecule has 0 saturated heterocycles. The minimum Gasteiger partial charge on any atom is -0.391 e. The Morgan fingerprint density at radius 3 is 2.76 bits per heavy atom. The van der Waals surface area contributed by atoms with E-state index >= 15 is 0 Å². The molecule has 94 valence electrons. The van der Waals surface area contributed by atoms with E-state index in [1.54, 1.807) is 18.2 Å². The minimum atomic E-state index is -0.518. The number of benzene rings is 1. The molecule has 0 heterocycles. The van der Waals surface area contributed by atoms with Crippen LogP contribution in [-0.2, 0) is 5.88 Å². The van der Waals surface area contributed by atoms with Crippen molar-refractivity contribution in [2.75, 3.05) is 6.54 Å². The maximum atomic E-state index is 11.8. The van der Waals surface area contributed by atoms with Crippen LogP contribution in [0, 0.1) is 5.92 Å². The number of hydrogen-bond acceptors (Lipinski definition) is 2. The fourth-order valence-corrected chi connectivity index (χ4v) is 1.50. The number of carbonyl (C=O) groups excluding carboxylic acids is 1. The van der Waals surface area contributed by atoms with Gasteiger partial charge in [-0.1, -0.05) is 26.0 Å². The molecule has 0 aliphatic heterocycles. The normalized spacial score (nSPS) is 12.5. The van der Waals surface area contributed by atoms with Gasteiger partial charge in [0.05, 0.1) is 6.10 Å². The summed E-state index contributed by atoms with van der Waals surface area (Å²) in [5, 5.41) is 12.3. The monoisotopic (exact) mass is 255 g/mol. The third-order valence-electron chi connectivity index (χ3n) is 2.58. The summed E-state index contributed by atoms with van der Waals surface area (Å²) < 4.78 is 0. The molecule has 0 radical (unpaired) electrons. The predicted molar refractivity (Wildman–Crippen MR) is 69.2 cm³/mol. The highest BCUT2D eigenvalue weighted by Gasteiger charge is 2.11. The molecule has 0 saturated carbocycles. The standard InChI is InChI=1S/C13H18ClNO2/c1-9(2)12(16)8-15-13(17)11-5-3-4-10(6-11)7-14/h3-6,9,12,16H,7-8H2,1-2H3,(H,15,17). The molecule has 17 heavy (non-hydrogen) atoms. The largest absolute Gasteiger partial charge is 0.391 e. The summed E-state index contributed by atoms with van der Waals surface area (Å²) in [6, 6.07) is 7.15. The van der Waals surface area contributed by atoms with Crippen LogP contribution in [0.1, 0.15) is 29.8 Å². The van der Waals surface area contributed by atoms with E-state index in [-0.39, 0.29) is 18.4 Å². The maximum Gasteiger partial charge on any atom is 0.251 e. The van der Waals surface area contributed by atoms with Crippen molar-refractivity contribution < 1.29 is 9.90 Å². The molecule has 1 aromatic carbocycles. The number of nitrogens with one attached hydrogen (secondary N) is 1. The van der Waals surface area contributed by atoms with Gasteiger partial charge in [-0.05, 0) is 23.6 Å². The van der Waals surface area contributed by atoms with Gasteiger partial charge < -0.3 is 10.4 Å². The molecule has 1 atom stereocenters. The highest BCUT2D eigenvalue weighted by molar-refractivity contribution is 6.17. The fraction of sp³-hybridized carbons (Fsp3) is 0.462. The summed E-state index contributed by atoms with van der Waals surface area (Å²) in [7, 11) is 0. The van der Waals surface area contributed by atoms with Crippen molar-refractivity contribution in [3.63, 3.8) is 0 Å². The Kier molecular flexibility index (Phi) is 5.45. The average Bonchev–Trinajstić information content (AvgIpc) is 2.35. The smallest absolute Gasteiger partial charge is 0.251 e. The Balaban J connectivity index is 2.57. The van der Waals surface area contributed by atoms with E-state index in [2.05, 4.69) is 5.32 Å². The van der Waals surface area contributed by atoms with Gasteiger partial charge >= 0.3 is 0 Å². The Bertz CT molecular complexity index is 379. The fourth-order valence-electron chi connectivity index (χ4n) is 1.33. The lowest BCUT2D eigenvalue weighted by Crippen LogP contribution is -2.34. The van der Waals surface area contributed by atoms with Crippen molar-refractivity contribution in [2.45, 2.75) is 25.8 Å². The van der Waals surface area contributed by atoms with Crippen LogP contribution >= 0.6 is 11.6 Å². The van der Waals surface area contributed by atoms with Crippen LogP contribution in [0.2, 0.25) is 0 Å². The van der Waals surface area contributed by atoms with Crippen LogP contribution in [0.5, 0.6) is 0 Å². The van der Waals surface area contributed by atoms with Gasteiger partial charge in [-0.2, -0.15) is 0 Å². The molecule has 1 rings (SSSR count). The Morgan fingerprint density at radius 2 is 2.18 bits per heavy atom. The molecular weight excluding hydrogens is 238 g/mol. The minimum absolute atomic E-state index is 0.129. The van der Waals surface area contributed by atoms with Gasteiger partial charge in [-0.25, -0.2) is 0 Å². The SMILES string of the molecule is CC(C)C(O)CNC(=O)c1cccc(CCl)c1. The third-order valence-corrected chi connectivity index (χ3v) is 2.89. The van der Waals surface area contributed by atoms with E-state index < -0.39 is 6.10 Å². The first-order chi connectivity index (χ1) is 8.04.